The van der Waals surface area contributed by atoms with Crippen LogP contribution in [0.5, 0.6) is 0 Å². The molecule has 1 amide bonds. The van der Waals surface area contributed by atoms with E-state index in [2.05, 4.69) is 10.6 Å². The van der Waals surface area contributed by atoms with Crippen molar-refractivity contribution in [2.45, 2.75) is 58.5 Å². The van der Waals surface area contributed by atoms with Gasteiger partial charge in [0.1, 0.15) is 5.82 Å². The van der Waals surface area contributed by atoms with E-state index in [1.807, 2.05) is 57.1 Å². The number of carbonyl (C=O) groups is 2. The van der Waals surface area contributed by atoms with Gasteiger partial charge in [-0.15, -0.1) is 0 Å². The molecule has 0 unspecified atom stereocenters. The lowest BCUT2D eigenvalue weighted by molar-refractivity contribution is 0.0915. The molecule has 2 N–H and O–H groups in total. The lowest BCUT2D eigenvalue weighted by Gasteiger charge is -2.30. The molecular weight excluding hydrogens is 426 g/mol. The summed E-state index contributed by atoms with van der Waals surface area (Å²) in [5, 5.41) is 7.63. The molecule has 1 fully saturated rings. The topological polar surface area (TPSA) is 87.2 Å². The van der Waals surface area contributed by atoms with E-state index in [-0.39, 0.29) is 23.8 Å². The van der Waals surface area contributed by atoms with Crippen molar-refractivity contribution in [2.24, 2.45) is 0 Å². The number of rotatable bonds is 6. The van der Waals surface area contributed by atoms with Crippen LogP contribution >= 0.6 is 0 Å². The Balaban J connectivity index is 0.00000158. The molecule has 0 aliphatic heterocycles. The van der Waals surface area contributed by atoms with Crippen LogP contribution in [-0.2, 0) is 0 Å². The minimum absolute atomic E-state index is 0.0930. The largest absolute Gasteiger partial charge is 0.362 e. The first kappa shape index (κ1) is 25.1. The molecule has 0 radical (unpaired) electrons. The van der Waals surface area contributed by atoms with Crippen molar-refractivity contribution in [3.63, 3.8) is 0 Å². The van der Waals surface area contributed by atoms with Gasteiger partial charge >= 0.3 is 0 Å². The number of ketones is 1. The zero-order valence-corrected chi connectivity index (χ0v) is 20.8. The van der Waals surface area contributed by atoms with Gasteiger partial charge in [-0.1, -0.05) is 44.2 Å². The van der Waals surface area contributed by atoms with Gasteiger partial charge in [0, 0.05) is 37.1 Å². The number of aromatic nitrogens is 2. The molecule has 1 saturated carbocycles. The van der Waals surface area contributed by atoms with Gasteiger partial charge in [0.25, 0.3) is 5.91 Å². The number of anilines is 2. The highest BCUT2D eigenvalue weighted by atomic mass is 16.2. The summed E-state index contributed by atoms with van der Waals surface area (Å²) in [6, 6.07) is 15.3. The number of para-hydroxylation sites is 1. The van der Waals surface area contributed by atoms with Gasteiger partial charge in [-0.2, -0.15) is 4.98 Å². The quantitative estimate of drug-likeness (QED) is 0.498. The van der Waals surface area contributed by atoms with E-state index >= 15 is 0 Å². The lowest BCUT2D eigenvalue weighted by Crippen LogP contribution is -2.40. The molecule has 0 bridgehead atoms. The molecule has 7 nitrogen and oxygen atoms in total. The second kappa shape index (κ2) is 11.6. The number of carbonyl (C=O) groups excluding carboxylic acids is 2. The molecule has 0 atom stereocenters. The molecule has 34 heavy (non-hydrogen) atoms. The molecule has 7 heteroatoms. The predicted molar refractivity (Wildman–Crippen MR) is 139 cm³/mol. The fourth-order valence-corrected chi connectivity index (χ4v) is 4.28. The number of Topliss-reactive ketones (excluding diaryl/α,β-unsaturated/α-hetero) is 1. The molecule has 0 spiro atoms. The van der Waals surface area contributed by atoms with Crippen LogP contribution in [0.3, 0.4) is 0 Å². The number of hydrogen-bond donors (Lipinski definition) is 2. The molecule has 1 aromatic heterocycles. The van der Waals surface area contributed by atoms with Gasteiger partial charge in [0.05, 0.1) is 11.1 Å². The van der Waals surface area contributed by atoms with E-state index in [0.29, 0.717) is 17.1 Å². The van der Waals surface area contributed by atoms with E-state index in [1.54, 1.807) is 24.3 Å². The Morgan fingerprint density at radius 2 is 1.44 bits per heavy atom. The predicted octanol–water partition coefficient (Wildman–Crippen LogP) is 5.08. The number of benzene rings is 2. The van der Waals surface area contributed by atoms with Crippen molar-refractivity contribution < 1.29 is 9.59 Å². The second-order valence-electron chi connectivity index (χ2n) is 8.55. The van der Waals surface area contributed by atoms with Crippen molar-refractivity contribution in [3.05, 3.63) is 59.7 Å². The van der Waals surface area contributed by atoms with Crippen LogP contribution in [0.4, 0.5) is 11.8 Å². The van der Waals surface area contributed by atoms with E-state index in [4.69, 9.17) is 9.97 Å². The number of amides is 1. The first-order chi connectivity index (χ1) is 16.4. The van der Waals surface area contributed by atoms with Crippen LogP contribution in [-0.4, -0.2) is 47.8 Å². The zero-order chi connectivity index (χ0) is 24.7. The number of fused-ring (bicyclic) bond motifs is 1. The number of hydrogen-bond acceptors (Lipinski definition) is 6. The maximum Gasteiger partial charge on any atom is 0.252 e. The highest BCUT2D eigenvalue weighted by Gasteiger charge is 2.25. The van der Waals surface area contributed by atoms with Crippen molar-refractivity contribution in [1.82, 2.24) is 15.3 Å². The maximum absolute atomic E-state index is 12.7. The standard InChI is InChI=1S/C25H29N5O2.C2H6/c1-16(31)19-8-4-5-9-20(19)24(32)26-17-12-14-18(15-13-17)27-25-28-22-11-7-6-10-21(22)23(29-25)30(2)3;1-2/h4-11,17-18H,12-15H2,1-3H3,(H,26,32)(H,27,28,29);1-2H3. The van der Waals surface area contributed by atoms with Gasteiger partial charge in [0.2, 0.25) is 5.95 Å². The summed E-state index contributed by atoms with van der Waals surface area (Å²) in [5.74, 6) is 1.25. The molecule has 0 saturated heterocycles. The summed E-state index contributed by atoms with van der Waals surface area (Å²) in [6.45, 7) is 5.49. The van der Waals surface area contributed by atoms with E-state index < -0.39 is 0 Å². The number of nitrogens with zero attached hydrogens (tertiary/aromatic N) is 3. The first-order valence-electron chi connectivity index (χ1n) is 12.0. The van der Waals surface area contributed by atoms with Crippen LogP contribution in [0.2, 0.25) is 0 Å². The van der Waals surface area contributed by atoms with Crippen molar-refractivity contribution >= 4 is 34.4 Å². The van der Waals surface area contributed by atoms with Gasteiger partial charge < -0.3 is 15.5 Å². The third-order valence-corrected chi connectivity index (χ3v) is 5.95. The molecule has 1 heterocycles. The van der Waals surface area contributed by atoms with E-state index in [9.17, 15) is 9.59 Å². The van der Waals surface area contributed by atoms with Crippen LogP contribution in [0.1, 0.15) is 67.2 Å². The Labute approximate surface area is 202 Å². The Kier molecular flexibility index (Phi) is 8.57. The molecule has 1 aliphatic carbocycles. The Hall–Kier alpha value is -3.48. The van der Waals surface area contributed by atoms with E-state index in [0.717, 1.165) is 42.4 Å². The van der Waals surface area contributed by atoms with Gasteiger partial charge in [-0.25, -0.2) is 4.98 Å². The monoisotopic (exact) mass is 461 g/mol. The van der Waals surface area contributed by atoms with E-state index in [1.165, 1.54) is 6.92 Å². The Morgan fingerprint density at radius 1 is 0.853 bits per heavy atom. The highest BCUT2D eigenvalue weighted by Crippen LogP contribution is 2.26. The summed E-state index contributed by atoms with van der Waals surface area (Å²) in [5.41, 5.74) is 1.82. The average molecular weight is 462 g/mol. The minimum Gasteiger partial charge on any atom is -0.362 e. The fourth-order valence-electron chi connectivity index (χ4n) is 4.28. The average Bonchev–Trinajstić information content (AvgIpc) is 2.85. The van der Waals surface area contributed by atoms with Crippen LogP contribution in [0.25, 0.3) is 10.9 Å². The van der Waals surface area contributed by atoms with Gasteiger partial charge in [0.15, 0.2) is 5.78 Å². The summed E-state index contributed by atoms with van der Waals surface area (Å²) < 4.78 is 0. The molecule has 4 rings (SSSR count). The molecular formula is C27H35N5O2. The van der Waals surface area contributed by atoms with Crippen LogP contribution in [0.15, 0.2) is 48.5 Å². The van der Waals surface area contributed by atoms with Gasteiger partial charge in [-0.3, -0.25) is 9.59 Å². The third kappa shape index (κ3) is 5.90. The minimum atomic E-state index is -0.180. The van der Waals surface area contributed by atoms with Crippen molar-refractivity contribution in [3.8, 4) is 0 Å². The summed E-state index contributed by atoms with van der Waals surface area (Å²) >= 11 is 0. The highest BCUT2D eigenvalue weighted by molar-refractivity contribution is 6.07. The summed E-state index contributed by atoms with van der Waals surface area (Å²) in [7, 11) is 3.97. The molecule has 180 valence electrons. The number of nitrogens with one attached hydrogen (secondary N) is 2. The Bertz CT molecular complexity index is 1140. The fraction of sp³-hybridized carbons (Fsp3) is 0.407. The normalized spacial score (nSPS) is 17.3. The molecule has 2 aromatic carbocycles. The summed E-state index contributed by atoms with van der Waals surface area (Å²) in [6.07, 6.45) is 3.54. The Morgan fingerprint density at radius 3 is 2.09 bits per heavy atom. The molecule has 3 aromatic rings. The smallest absolute Gasteiger partial charge is 0.252 e. The second-order valence-corrected chi connectivity index (χ2v) is 8.55. The summed E-state index contributed by atoms with van der Waals surface area (Å²) in [4.78, 5) is 36.0. The van der Waals surface area contributed by atoms with Gasteiger partial charge in [-0.05, 0) is 50.8 Å². The lowest BCUT2D eigenvalue weighted by atomic mass is 9.91. The molecule has 1 aliphatic rings. The van der Waals surface area contributed by atoms with Crippen molar-refractivity contribution in [2.75, 3.05) is 24.3 Å². The third-order valence-electron chi connectivity index (χ3n) is 5.95. The van der Waals surface area contributed by atoms with Crippen molar-refractivity contribution in [1.29, 1.82) is 0 Å². The van der Waals surface area contributed by atoms with Crippen LogP contribution < -0.4 is 15.5 Å². The first-order valence-corrected chi connectivity index (χ1v) is 12.0. The maximum atomic E-state index is 12.7. The van der Waals surface area contributed by atoms with Crippen LogP contribution in [0, 0.1) is 0 Å². The zero-order valence-electron chi connectivity index (χ0n) is 20.8. The SMILES string of the molecule is CC.CC(=O)c1ccccc1C(=O)NC1CCC(Nc2nc(N(C)C)c3ccccc3n2)CC1.